The number of hydrogen-bond donors (Lipinski definition) is 1. The fourth-order valence-corrected chi connectivity index (χ4v) is 2.71. The van der Waals surface area contributed by atoms with Crippen molar-refractivity contribution in [2.24, 2.45) is 5.16 Å². The molecule has 3 rings (SSSR count). The Morgan fingerprint density at radius 1 is 1.22 bits per heavy atom. The van der Waals surface area contributed by atoms with Crippen molar-refractivity contribution in [3.8, 4) is 0 Å². The maximum atomic E-state index is 12.5. The second kappa shape index (κ2) is 6.42. The molecule has 1 aliphatic heterocycles. The Morgan fingerprint density at radius 2 is 1.91 bits per heavy atom. The Labute approximate surface area is 140 Å². The van der Waals surface area contributed by atoms with E-state index in [0.717, 1.165) is 11.1 Å². The van der Waals surface area contributed by atoms with Gasteiger partial charge in [-0.2, -0.15) is 0 Å². The topological polar surface area (TPSA) is 50.7 Å². The van der Waals surface area contributed by atoms with Crippen LogP contribution in [0.1, 0.15) is 24.5 Å². The van der Waals surface area contributed by atoms with Gasteiger partial charge in [-0.3, -0.25) is 4.79 Å². The van der Waals surface area contributed by atoms with E-state index in [1.54, 1.807) is 13.0 Å². The van der Waals surface area contributed by atoms with Gasteiger partial charge in [0.2, 0.25) is 5.60 Å². The minimum absolute atomic E-state index is 0.188. The van der Waals surface area contributed by atoms with Crippen LogP contribution in [0.5, 0.6) is 0 Å². The van der Waals surface area contributed by atoms with Crippen molar-refractivity contribution < 1.29 is 9.63 Å². The van der Waals surface area contributed by atoms with Gasteiger partial charge in [0.05, 0.1) is 5.71 Å². The van der Waals surface area contributed by atoms with Crippen LogP contribution in [-0.4, -0.2) is 17.2 Å². The molecule has 0 saturated carbocycles. The second-order valence-corrected chi connectivity index (χ2v) is 6.09. The van der Waals surface area contributed by atoms with Gasteiger partial charge < -0.3 is 10.2 Å². The average molecular weight is 329 g/mol. The van der Waals surface area contributed by atoms with Crippen LogP contribution in [0.3, 0.4) is 0 Å². The van der Waals surface area contributed by atoms with Crippen molar-refractivity contribution in [2.45, 2.75) is 25.5 Å². The van der Waals surface area contributed by atoms with Gasteiger partial charge in [0, 0.05) is 23.6 Å². The number of rotatable bonds is 4. The molecule has 118 valence electrons. The fraction of sp³-hybridized carbons (Fsp3) is 0.222. The molecular weight excluding hydrogens is 312 g/mol. The van der Waals surface area contributed by atoms with Crippen molar-refractivity contribution in [1.29, 1.82) is 0 Å². The largest absolute Gasteiger partial charge is 0.379 e. The molecule has 0 spiro atoms. The first kappa shape index (κ1) is 15.6. The molecule has 1 amide bonds. The maximum Gasteiger partial charge on any atom is 0.267 e. The lowest BCUT2D eigenvalue weighted by Crippen LogP contribution is -2.44. The van der Waals surface area contributed by atoms with Crippen molar-refractivity contribution in [3.63, 3.8) is 0 Å². The van der Waals surface area contributed by atoms with Crippen molar-refractivity contribution >= 4 is 23.2 Å². The van der Waals surface area contributed by atoms with E-state index >= 15 is 0 Å². The lowest BCUT2D eigenvalue weighted by molar-refractivity contribution is -0.141. The van der Waals surface area contributed by atoms with Crippen LogP contribution >= 0.6 is 11.6 Å². The molecule has 1 aliphatic rings. The van der Waals surface area contributed by atoms with Gasteiger partial charge in [0.15, 0.2) is 0 Å². The molecule has 4 nitrogen and oxygen atoms in total. The number of benzene rings is 2. The molecule has 0 aromatic heterocycles. The molecule has 1 atom stereocenters. The zero-order valence-electron chi connectivity index (χ0n) is 12.8. The van der Waals surface area contributed by atoms with E-state index in [1.807, 2.05) is 48.5 Å². The summed E-state index contributed by atoms with van der Waals surface area (Å²) >= 11 is 6.18. The third kappa shape index (κ3) is 3.37. The van der Waals surface area contributed by atoms with Gasteiger partial charge in [-0.05, 0) is 18.6 Å². The molecule has 5 heteroatoms. The normalized spacial score (nSPS) is 19.8. The van der Waals surface area contributed by atoms with E-state index in [1.165, 1.54) is 0 Å². The highest BCUT2D eigenvalue weighted by Crippen LogP contribution is 2.29. The predicted octanol–water partition coefficient (Wildman–Crippen LogP) is 3.54. The Balaban J connectivity index is 1.65. The predicted molar refractivity (Wildman–Crippen MR) is 90.4 cm³/mol. The Morgan fingerprint density at radius 3 is 2.65 bits per heavy atom. The standard InChI is InChI=1S/C18H17ClN2O2/c1-18(17(22)20-12-13-7-3-2-4-8-13)11-16(21-23-18)14-9-5-6-10-15(14)19/h2-10H,11-12H2,1H3,(H,20,22). The Bertz CT molecular complexity index is 746. The third-order valence-electron chi connectivity index (χ3n) is 3.82. The highest BCUT2D eigenvalue weighted by atomic mass is 35.5. The molecule has 0 aliphatic carbocycles. The van der Waals surface area contributed by atoms with Crippen molar-refractivity contribution in [1.82, 2.24) is 5.32 Å². The summed E-state index contributed by atoms with van der Waals surface area (Å²) < 4.78 is 0. The van der Waals surface area contributed by atoms with Gasteiger partial charge in [-0.15, -0.1) is 0 Å². The summed E-state index contributed by atoms with van der Waals surface area (Å²) in [4.78, 5) is 17.9. The Hall–Kier alpha value is -2.33. The van der Waals surface area contributed by atoms with Crippen LogP contribution in [-0.2, 0) is 16.2 Å². The molecule has 1 unspecified atom stereocenters. The molecular formula is C18H17ClN2O2. The van der Waals surface area contributed by atoms with E-state index in [0.29, 0.717) is 23.7 Å². The first-order chi connectivity index (χ1) is 11.1. The van der Waals surface area contributed by atoms with Crippen LogP contribution in [0.15, 0.2) is 59.8 Å². The summed E-state index contributed by atoms with van der Waals surface area (Å²) in [6, 6.07) is 17.2. The minimum atomic E-state index is -1.01. The van der Waals surface area contributed by atoms with Crippen LogP contribution in [0, 0.1) is 0 Å². The number of oxime groups is 1. The highest BCUT2D eigenvalue weighted by molar-refractivity contribution is 6.34. The number of carbonyl (C=O) groups excluding carboxylic acids is 1. The summed E-state index contributed by atoms with van der Waals surface area (Å²) in [7, 11) is 0. The third-order valence-corrected chi connectivity index (χ3v) is 4.15. The maximum absolute atomic E-state index is 12.5. The summed E-state index contributed by atoms with van der Waals surface area (Å²) in [6.07, 6.45) is 0.386. The summed E-state index contributed by atoms with van der Waals surface area (Å²) in [6.45, 7) is 2.20. The molecule has 23 heavy (non-hydrogen) atoms. The molecule has 1 N–H and O–H groups in total. The molecule has 0 saturated heterocycles. The quantitative estimate of drug-likeness (QED) is 0.933. The van der Waals surface area contributed by atoms with E-state index in [9.17, 15) is 4.79 Å². The molecule has 0 bridgehead atoms. The van der Waals surface area contributed by atoms with Crippen molar-refractivity contribution in [2.75, 3.05) is 0 Å². The highest BCUT2D eigenvalue weighted by Gasteiger charge is 2.42. The number of carbonyl (C=O) groups is 1. The summed E-state index contributed by atoms with van der Waals surface area (Å²) in [5.41, 5.74) is 1.51. The molecule has 0 fully saturated rings. The Kier molecular flexibility index (Phi) is 4.35. The van der Waals surface area contributed by atoms with E-state index in [4.69, 9.17) is 16.4 Å². The van der Waals surface area contributed by atoms with E-state index < -0.39 is 5.60 Å². The number of amides is 1. The molecule has 2 aromatic rings. The molecule has 1 heterocycles. The second-order valence-electron chi connectivity index (χ2n) is 5.69. The lowest BCUT2D eigenvalue weighted by atomic mass is 9.95. The van der Waals surface area contributed by atoms with Crippen LogP contribution in [0.25, 0.3) is 0 Å². The number of hydrogen-bond acceptors (Lipinski definition) is 3. The first-order valence-electron chi connectivity index (χ1n) is 7.41. The fourth-order valence-electron chi connectivity index (χ4n) is 2.47. The minimum Gasteiger partial charge on any atom is -0.379 e. The monoisotopic (exact) mass is 328 g/mol. The van der Waals surface area contributed by atoms with E-state index in [-0.39, 0.29) is 5.91 Å². The number of nitrogens with zero attached hydrogens (tertiary/aromatic N) is 1. The van der Waals surface area contributed by atoms with Gasteiger partial charge in [0.1, 0.15) is 0 Å². The molecule has 0 radical (unpaired) electrons. The van der Waals surface area contributed by atoms with Crippen LogP contribution < -0.4 is 5.32 Å². The van der Waals surface area contributed by atoms with E-state index in [2.05, 4.69) is 10.5 Å². The number of halogens is 1. The van der Waals surface area contributed by atoms with Gasteiger partial charge >= 0.3 is 0 Å². The zero-order chi connectivity index (χ0) is 16.3. The number of nitrogens with one attached hydrogen (secondary N) is 1. The zero-order valence-corrected chi connectivity index (χ0v) is 13.5. The van der Waals surface area contributed by atoms with Crippen molar-refractivity contribution in [3.05, 3.63) is 70.7 Å². The van der Waals surface area contributed by atoms with Gasteiger partial charge in [-0.25, -0.2) is 0 Å². The lowest BCUT2D eigenvalue weighted by Gasteiger charge is -2.20. The first-order valence-corrected chi connectivity index (χ1v) is 7.78. The average Bonchev–Trinajstić information content (AvgIpc) is 2.97. The smallest absolute Gasteiger partial charge is 0.267 e. The SMILES string of the molecule is CC1(C(=O)NCc2ccccc2)CC(c2ccccc2Cl)=NO1. The summed E-state index contributed by atoms with van der Waals surface area (Å²) in [5, 5.41) is 7.57. The summed E-state index contributed by atoms with van der Waals surface area (Å²) in [5.74, 6) is -0.188. The van der Waals surface area contributed by atoms with Gasteiger partial charge in [-0.1, -0.05) is 65.3 Å². The van der Waals surface area contributed by atoms with Crippen LogP contribution in [0.2, 0.25) is 5.02 Å². The van der Waals surface area contributed by atoms with Gasteiger partial charge in [0.25, 0.3) is 5.91 Å². The molecule has 2 aromatic carbocycles. The van der Waals surface area contributed by atoms with Crippen LogP contribution in [0.4, 0.5) is 0 Å².